The Kier molecular flexibility index (Phi) is 3.89. The maximum Gasteiger partial charge on any atom is 0.190 e. The number of rotatable bonds is 2. The molecule has 3 saturated carbocycles. The number of hydrogen-bond donors (Lipinski definition) is 4. The number of fused-ring (bicyclic) bond motifs is 5. The van der Waals surface area contributed by atoms with Crippen LogP contribution in [0.2, 0.25) is 0 Å². The summed E-state index contributed by atoms with van der Waals surface area (Å²) in [5, 5.41) is 39.7. The lowest BCUT2D eigenvalue weighted by atomic mass is 9.46. The van der Waals surface area contributed by atoms with E-state index < -0.39 is 29.5 Å². The van der Waals surface area contributed by atoms with Gasteiger partial charge in [-0.3, -0.25) is 4.79 Å². The monoisotopic (exact) mass is 359 g/mol. The predicted octanol–water partition coefficient (Wildman–Crippen LogP) is 2.01. The lowest BCUT2D eigenvalue weighted by Gasteiger charge is -2.59. The van der Waals surface area contributed by atoms with Gasteiger partial charge in [0.05, 0.1) is 11.8 Å². The van der Waals surface area contributed by atoms with E-state index in [-0.39, 0.29) is 23.2 Å². The van der Waals surface area contributed by atoms with Crippen molar-refractivity contribution in [3.8, 4) is 0 Å². The molecule has 0 aromatic carbocycles. The van der Waals surface area contributed by atoms with Gasteiger partial charge in [0.1, 0.15) is 12.2 Å². The zero-order chi connectivity index (χ0) is 18.9. The first-order valence-corrected chi connectivity index (χ1v) is 9.71. The van der Waals surface area contributed by atoms with Crippen LogP contribution in [0.15, 0.2) is 23.8 Å². The molecular weight excluding hydrogens is 330 g/mol. The summed E-state index contributed by atoms with van der Waals surface area (Å²) in [7, 11) is 0. The normalized spacial score (nSPS) is 49.9. The topological polar surface area (TPSA) is 102 Å². The van der Waals surface area contributed by atoms with E-state index in [9.17, 15) is 20.1 Å². The van der Waals surface area contributed by atoms with Gasteiger partial charge in [0.25, 0.3) is 0 Å². The van der Waals surface area contributed by atoms with Crippen LogP contribution in [-0.2, 0) is 4.79 Å². The number of Topliss-reactive ketones (excluding diaryl/α,β-unsaturated/α-hetero) is 1. The lowest BCUT2D eigenvalue weighted by molar-refractivity contribution is -0.178. The molecule has 0 bridgehead atoms. The molecule has 3 fully saturated rings. The summed E-state index contributed by atoms with van der Waals surface area (Å²) in [6.45, 7) is 3.43. The Morgan fingerprint density at radius 2 is 2.08 bits per heavy atom. The highest BCUT2D eigenvalue weighted by Gasteiger charge is 2.67. The second-order valence-corrected chi connectivity index (χ2v) is 9.24. The number of aliphatic hydroxyl groups excluding tert-OH is 2. The van der Waals surface area contributed by atoms with E-state index in [0.29, 0.717) is 18.6 Å². The van der Waals surface area contributed by atoms with Crippen LogP contribution < -0.4 is 0 Å². The summed E-state index contributed by atoms with van der Waals surface area (Å²) in [6.07, 6.45) is 8.50. The summed E-state index contributed by atoms with van der Waals surface area (Å²) >= 11 is 0. The third kappa shape index (κ3) is 2.08. The molecule has 142 valence electrons. The number of hydrogen-bond acceptors (Lipinski definition) is 5. The molecule has 0 amide bonds. The Balaban J connectivity index is 1.75. The highest BCUT2D eigenvalue weighted by molar-refractivity contribution is 6.03. The molecule has 4 N–H and O–H groups in total. The second kappa shape index (κ2) is 5.60. The van der Waals surface area contributed by atoms with Gasteiger partial charge in [0.15, 0.2) is 5.78 Å². The van der Waals surface area contributed by atoms with Crippen molar-refractivity contribution < 1.29 is 20.1 Å². The van der Waals surface area contributed by atoms with Crippen molar-refractivity contribution in [2.24, 2.45) is 28.6 Å². The third-order valence-electron chi connectivity index (χ3n) is 8.28. The van der Waals surface area contributed by atoms with Crippen molar-refractivity contribution in [1.82, 2.24) is 0 Å². The van der Waals surface area contributed by atoms with E-state index in [4.69, 9.17) is 5.41 Å². The average molecular weight is 359 g/mol. The largest absolute Gasteiger partial charge is 0.393 e. The maximum absolute atomic E-state index is 12.4. The summed E-state index contributed by atoms with van der Waals surface area (Å²) in [6, 6.07) is 0. The predicted molar refractivity (Wildman–Crippen MR) is 97.8 cm³/mol. The molecule has 0 spiro atoms. The average Bonchev–Trinajstić information content (AvgIpc) is 2.86. The Hall–Kier alpha value is -1.30. The molecule has 0 aromatic rings. The van der Waals surface area contributed by atoms with Crippen LogP contribution in [0, 0.1) is 34.0 Å². The van der Waals surface area contributed by atoms with Gasteiger partial charge in [-0.2, -0.15) is 0 Å². The highest BCUT2D eigenvalue weighted by Crippen LogP contribution is 2.67. The summed E-state index contributed by atoms with van der Waals surface area (Å²) in [4.78, 5) is 12.4. The van der Waals surface area contributed by atoms with Crippen LogP contribution in [0.25, 0.3) is 0 Å². The Labute approximate surface area is 154 Å². The summed E-state index contributed by atoms with van der Waals surface area (Å²) in [5.41, 5.74) is -0.783. The molecule has 0 heterocycles. The van der Waals surface area contributed by atoms with Gasteiger partial charge in [0, 0.05) is 16.7 Å². The lowest BCUT2D eigenvalue weighted by Crippen LogP contribution is -2.61. The molecule has 5 heteroatoms. The van der Waals surface area contributed by atoms with E-state index >= 15 is 0 Å². The van der Waals surface area contributed by atoms with Crippen molar-refractivity contribution in [3.63, 3.8) is 0 Å². The minimum Gasteiger partial charge on any atom is -0.393 e. The molecule has 26 heavy (non-hydrogen) atoms. The van der Waals surface area contributed by atoms with Gasteiger partial charge < -0.3 is 20.7 Å². The zero-order valence-corrected chi connectivity index (χ0v) is 15.5. The number of carbonyl (C=O) groups excluding carboxylic acids is 1. The van der Waals surface area contributed by atoms with Crippen LogP contribution in [-0.4, -0.2) is 45.1 Å². The van der Waals surface area contributed by atoms with Gasteiger partial charge in [-0.1, -0.05) is 25.5 Å². The van der Waals surface area contributed by atoms with Crippen LogP contribution >= 0.6 is 0 Å². The Morgan fingerprint density at radius 1 is 1.35 bits per heavy atom. The Morgan fingerprint density at radius 3 is 2.77 bits per heavy atom. The number of carbonyl (C=O) groups is 1. The van der Waals surface area contributed by atoms with Crippen molar-refractivity contribution >= 4 is 11.5 Å². The standard InChI is InChI=1S/C21H29NO4/c1-19-7-5-13(22)9-12(19)3-4-14-15-6-8-21(26,17(25)11-23)20(15,2)10-16(24)18(14)19/h5,7,9,14-16,18,22-24,26H,3-4,6,8,10-11H2,1-2H3. The molecule has 4 aliphatic carbocycles. The molecule has 0 radical (unpaired) electrons. The molecule has 0 saturated heterocycles. The summed E-state index contributed by atoms with van der Waals surface area (Å²) < 4.78 is 0. The van der Waals surface area contributed by atoms with Crippen molar-refractivity contribution in [2.45, 2.75) is 57.7 Å². The molecule has 5 nitrogen and oxygen atoms in total. The molecule has 4 aliphatic rings. The van der Waals surface area contributed by atoms with Crippen molar-refractivity contribution in [2.75, 3.05) is 6.61 Å². The van der Waals surface area contributed by atoms with Crippen LogP contribution in [0.5, 0.6) is 0 Å². The first kappa shape index (κ1) is 18.1. The molecule has 7 atom stereocenters. The molecule has 0 aliphatic heterocycles. The van der Waals surface area contributed by atoms with Crippen molar-refractivity contribution in [3.05, 3.63) is 23.8 Å². The summed E-state index contributed by atoms with van der Waals surface area (Å²) in [5.74, 6) is -0.0915. The maximum atomic E-state index is 12.4. The van der Waals surface area contributed by atoms with Crippen LogP contribution in [0.1, 0.15) is 46.0 Å². The molecular formula is C21H29NO4. The van der Waals surface area contributed by atoms with Crippen molar-refractivity contribution in [1.29, 1.82) is 5.41 Å². The fraction of sp³-hybridized carbons (Fsp3) is 0.714. The van der Waals surface area contributed by atoms with Crippen LogP contribution in [0.4, 0.5) is 0 Å². The van der Waals surface area contributed by atoms with E-state index in [2.05, 4.69) is 13.0 Å². The van der Waals surface area contributed by atoms with E-state index in [1.807, 2.05) is 19.1 Å². The number of ketones is 1. The van der Waals surface area contributed by atoms with Gasteiger partial charge in [0.2, 0.25) is 0 Å². The fourth-order valence-electron chi connectivity index (χ4n) is 6.94. The Bertz CT molecular complexity index is 728. The third-order valence-corrected chi connectivity index (χ3v) is 8.28. The fourth-order valence-corrected chi connectivity index (χ4v) is 6.94. The smallest absolute Gasteiger partial charge is 0.190 e. The first-order chi connectivity index (χ1) is 12.2. The van der Waals surface area contributed by atoms with Crippen LogP contribution in [0.3, 0.4) is 0 Å². The van der Waals surface area contributed by atoms with Gasteiger partial charge >= 0.3 is 0 Å². The molecule has 0 aromatic heterocycles. The highest BCUT2D eigenvalue weighted by atomic mass is 16.3. The number of allylic oxidation sites excluding steroid dienone is 4. The van der Waals surface area contributed by atoms with E-state index in [0.717, 1.165) is 19.3 Å². The number of nitrogens with one attached hydrogen (secondary N) is 1. The quantitative estimate of drug-likeness (QED) is 0.606. The first-order valence-electron chi connectivity index (χ1n) is 9.71. The van der Waals surface area contributed by atoms with Gasteiger partial charge in [-0.05, 0) is 56.1 Å². The SMILES string of the molecule is CC12C=CC(=N)C=C1CCC1C2C(O)CC2(C)C1CCC2(O)C(=O)CO. The minimum atomic E-state index is -1.54. The second-order valence-electron chi connectivity index (χ2n) is 9.24. The number of aliphatic hydroxyl groups is 3. The molecule has 7 unspecified atom stereocenters. The minimum absolute atomic E-state index is 0.0384. The van der Waals surface area contributed by atoms with Gasteiger partial charge in [-0.15, -0.1) is 0 Å². The zero-order valence-electron chi connectivity index (χ0n) is 15.5. The van der Waals surface area contributed by atoms with Gasteiger partial charge in [-0.25, -0.2) is 0 Å². The van der Waals surface area contributed by atoms with E-state index in [1.165, 1.54) is 5.57 Å². The molecule has 4 rings (SSSR count). The van der Waals surface area contributed by atoms with E-state index in [1.54, 1.807) is 0 Å².